The zero-order valence-electron chi connectivity index (χ0n) is 31.0. The molecule has 2 N–H and O–H groups in total. The van der Waals surface area contributed by atoms with Crippen LogP contribution in [0.3, 0.4) is 0 Å². The molecule has 0 fully saturated rings. The molecule has 6 rings (SSSR count). The normalized spacial score (nSPS) is 10.6. The molecule has 0 heterocycles. The summed E-state index contributed by atoms with van der Waals surface area (Å²) in [5, 5.41) is 5.55. The number of hydrogen-bond acceptors (Lipinski definition) is 7. The molecule has 0 radical (unpaired) electrons. The van der Waals surface area contributed by atoms with E-state index in [2.05, 4.69) is 10.6 Å². The summed E-state index contributed by atoms with van der Waals surface area (Å²) in [7, 11) is 0. The van der Waals surface area contributed by atoms with Gasteiger partial charge in [0.1, 0.15) is 0 Å². The van der Waals surface area contributed by atoms with Crippen molar-refractivity contribution in [2.45, 2.75) is 25.7 Å². The molecule has 6 aromatic carbocycles. The van der Waals surface area contributed by atoms with E-state index in [4.69, 9.17) is 18.9 Å². The Kier molecular flexibility index (Phi) is 14.3. The van der Waals surface area contributed by atoms with Crippen molar-refractivity contribution in [2.75, 3.05) is 37.1 Å². The van der Waals surface area contributed by atoms with Crippen molar-refractivity contribution in [3.05, 3.63) is 180 Å². The van der Waals surface area contributed by atoms with Crippen LogP contribution in [0.5, 0.6) is 0 Å². The highest BCUT2D eigenvalue weighted by Crippen LogP contribution is 2.27. The van der Waals surface area contributed by atoms with Gasteiger partial charge in [-0.1, -0.05) is 133 Å². The van der Waals surface area contributed by atoms with Crippen LogP contribution in [0.15, 0.2) is 158 Å². The van der Waals surface area contributed by atoms with E-state index < -0.39 is 18.3 Å². The number of rotatable bonds is 16. The molecule has 0 aliphatic heterocycles. The number of hydrogen-bond donors (Lipinski definition) is 2. The number of ether oxygens (including phenoxy) is 4. The molecular weight excluding hydrogens is 705 g/mol. The Morgan fingerprint density at radius 2 is 0.732 bits per heavy atom. The van der Waals surface area contributed by atoms with Crippen molar-refractivity contribution < 1.29 is 33.3 Å². The average molecular weight is 749 g/mol. The lowest BCUT2D eigenvalue weighted by Crippen LogP contribution is -2.15. The van der Waals surface area contributed by atoms with Crippen LogP contribution in [0.2, 0.25) is 0 Å². The highest BCUT2D eigenvalue weighted by Gasteiger charge is 2.12. The van der Waals surface area contributed by atoms with E-state index in [9.17, 15) is 14.4 Å². The van der Waals surface area contributed by atoms with E-state index in [1.807, 2.05) is 158 Å². The van der Waals surface area contributed by atoms with Crippen molar-refractivity contribution in [3.63, 3.8) is 0 Å². The molecule has 0 saturated carbocycles. The highest BCUT2D eigenvalue weighted by atomic mass is 16.7. The number of benzene rings is 6. The Morgan fingerprint density at radius 3 is 1.14 bits per heavy atom. The lowest BCUT2D eigenvalue weighted by molar-refractivity contribution is 0.0569. The molecular formula is C47H44N2O7. The average Bonchev–Trinajstić information content (AvgIpc) is 3.23. The summed E-state index contributed by atoms with van der Waals surface area (Å²) in [6.07, 6.45) is 0.561. The first-order valence-corrected chi connectivity index (χ1v) is 18.6. The van der Waals surface area contributed by atoms with Crippen molar-refractivity contribution in [1.82, 2.24) is 0 Å². The molecule has 284 valence electrons. The maximum Gasteiger partial charge on any atom is 0.508 e. The van der Waals surface area contributed by atoms with Crippen LogP contribution in [-0.4, -0.2) is 44.8 Å². The third-order valence-electron chi connectivity index (χ3n) is 9.04. The predicted octanol–water partition coefficient (Wildman–Crippen LogP) is 10.5. The molecule has 9 nitrogen and oxygen atoms in total. The molecule has 0 bridgehead atoms. The van der Waals surface area contributed by atoms with Crippen LogP contribution < -0.4 is 10.6 Å². The van der Waals surface area contributed by atoms with Crippen LogP contribution in [0, 0.1) is 0 Å². The second-order valence-electron chi connectivity index (χ2n) is 12.9. The maximum absolute atomic E-state index is 12.5. The lowest BCUT2D eigenvalue weighted by atomic mass is 9.98. The number of carbonyl (C=O) groups is 3. The molecule has 0 unspecified atom stereocenters. The van der Waals surface area contributed by atoms with Gasteiger partial charge in [0.05, 0.1) is 26.4 Å². The van der Waals surface area contributed by atoms with Crippen molar-refractivity contribution in [2.24, 2.45) is 0 Å². The van der Waals surface area contributed by atoms with E-state index in [0.29, 0.717) is 37.1 Å². The van der Waals surface area contributed by atoms with Gasteiger partial charge in [0.15, 0.2) is 0 Å². The van der Waals surface area contributed by atoms with Gasteiger partial charge in [-0.15, -0.1) is 0 Å². The van der Waals surface area contributed by atoms with Gasteiger partial charge in [0.2, 0.25) is 0 Å². The largest absolute Gasteiger partial charge is 0.508 e. The van der Waals surface area contributed by atoms with Crippen molar-refractivity contribution in [3.8, 4) is 22.3 Å². The first-order chi connectivity index (χ1) is 27.5. The van der Waals surface area contributed by atoms with Crippen LogP contribution in [-0.2, 0) is 44.6 Å². The molecule has 0 spiro atoms. The van der Waals surface area contributed by atoms with Crippen molar-refractivity contribution in [1.29, 1.82) is 0 Å². The Labute approximate surface area is 327 Å². The minimum Gasteiger partial charge on any atom is -0.449 e. The Balaban J connectivity index is 0.917. The van der Waals surface area contributed by atoms with E-state index in [0.717, 1.165) is 44.5 Å². The Hall–Kier alpha value is -6.87. The molecule has 2 amide bonds. The third kappa shape index (κ3) is 12.1. The van der Waals surface area contributed by atoms with Crippen LogP contribution in [0.1, 0.15) is 22.3 Å². The van der Waals surface area contributed by atoms with Crippen LogP contribution in [0.4, 0.5) is 25.8 Å². The van der Waals surface area contributed by atoms with E-state index in [-0.39, 0.29) is 26.4 Å². The van der Waals surface area contributed by atoms with Gasteiger partial charge in [-0.3, -0.25) is 10.6 Å². The van der Waals surface area contributed by atoms with Crippen LogP contribution >= 0.6 is 0 Å². The molecule has 56 heavy (non-hydrogen) atoms. The second kappa shape index (κ2) is 20.5. The van der Waals surface area contributed by atoms with Gasteiger partial charge in [0.25, 0.3) is 0 Å². The standard InChI is InChI=1S/C47H44N2O7/c50-45(53-31-27-35-11-3-1-4-12-35)48-41-23-19-39(20-24-41)43-17-9-7-15-37(43)29-33-55-47(52)56-34-30-38-16-8-10-18-44(38)40-21-25-42(26-22-40)49-46(51)54-32-28-36-13-5-2-6-14-36/h1-26H,27-34H2,(H,48,50)(H,49,51). The molecule has 0 aliphatic rings. The van der Waals surface area contributed by atoms with Crippen LogP contribution in [0.25, 0.3) is 22.3 Å². The zero-order valence-corrected chi connectivity index (χ0v) is 31.0. The number of nitrogens with one attached hydrogen (secondary N) is 2. The summed E-state index contributed by atoms with van der Waals surface area (Å²) >= 11 is 0. The fraction of sp³-hybridized carbons (Fsp3) is 0.170. The monoisotopic (exact) mass is 748 g/mol. The molecule has 0 aliphatic carbocycles. The van der Waals surface area contributed by atoms with Gasteiger partial charge in [0, 0.05) is 37.1 Å². The fourth-order valence-corrected chi connectivity index (χ4v) is 6.16. The molecule has 6 aromatic rings. The summed E-state index contributed by atoms with van der Waals surface area (Å²) in [4.78, 5) is 37.1. The number of anilines is 2. The minimum absolute atomic E-state index is 0.155. The number of amides is 2. The lowest BCUT2D eigenvalue weighted by Gasteiger charge is -2.13. The fourth-order valence-electron chi connectivity index (χ4n) is 6.16. The Bertz CT molecular complexity index is 2000. The highest BCUT2D eigenvalue weighted by molar-refractivity contribution is 5.86. The van der Waals surface area contributed by atoms with E-state index >= 15 is 0 Å². The van der Waals surface area contributed by atoms with E-state index in [1.165, 1.54) is 0 Å². The van der Waals surface area contributed by atoms with Crippen molar-refractivity contribution >= 4 is 29.7 Å². The van der Waals surface area contributed by atoms with Gasteiger partial charge in [-0.2, -0.15) is 0 Å². The summed E-state index contributed by atoms with van der Waals surface area (Å²) < 4.78 is 21.5. The third-order valence-corrected chi connectivity index (χ3v) is 9.04. The summed E-state index contributed by atoms with van der Waals surface area (Å²) in [6, 6.07) is 50.6. The predicted molar refractivity (Wildman–Crippen MR) is 219 cm³/mol. The summed E-state index contributed by atoms with van der Waals surface area (Å²) in [6.45, 7) is 0.888. The molecule has 0 saturated heterocycles. The second-order valence-corrected chi connectivity index (χ2v) is 12.9. The topological polar surface area (TPSA) is 112 Å². The zero-order chi connectivity index (χ0) is 38.8. The van der Waals surface area contributed by atoms with Gasteiger partial charge < -0.3 is 18.9 Å². The van der Waals surface area contributed by atoms with Gasteiger partial charge >= 0.3 is 18.3 Å². The minimum atomic E-state index is -0.725. The van der Waals surface area contributed by atoms with Gasteiger partial charge in [-0.25, -0.2) is 14.4 Å². The Morgan fingerprint density at radius 1 is 0.375 bits per heavy atom. The molecule has 0 atom stereocenters. The quantitative estimate of drug-likeness (QED) is 0.0748. The molecule has 9 heteroatoms. The SMILES string of the molecule is O=C(Nc1ccc(-c2ccccc2CCOC(=O)OCCc2ccccc2-c2ccc(NC(=O)OCCc3ccccc3)cc2)cc1)OCCc1ccccc1. The first-order valence-electron chi connectivity index (χ1n) is 18.6. The smallest absolute Gasteiger partial charge is 0.449 e. The molecule has 0 aromatic heterocycles. The summed E-state index contributed by atoms with van der Waals surface area (Å²) in [5.41, 5.74) is 9.42. The maximum atomic E-state index is 12.5. The first kappa shape index (κ1) is 38.8. The summed E-state index contributed by atoms with van der Waals surface area (Å²) in [5.74, 6) is 0. The number of carbonyl (C=O) groups excluding carboxylic acids is 3. The van der Waals surface area contributed by atoms with Gasteiger partial charge in [-0.05, 0) is 68.8 Å². The van der Waals surface area contributed by atoms with E-state index in [1.54, 1.807) is 0 Å².